The molecule has 0 bridgehead atoms. The van der Waals surface area contributed by atoms with Gasteiger partial charge in [0.05, 0.1) is 5.75 Å². The molecule has 7 heteroatoms. The van der Waals surface area contributed by atoms with Gasteiger partial charge in [0.15, 0.2) is 11.0 Å². The van der Waals surface area contributed by atoms with Gasteiger partial charge in [0.25, 0.3) is 0 Å². The number of hydrogen-bond acceptors (Lipinski definition) is 5. The Morgan fingerprint density at radius 1 is 1.12 bits per heavy atom. The van der Waals surface area contributed by atoms with E-state index in [2.05, 4.69) is 27.4 Å². The van der Waals surface area contributed by atoms with E-state index in [0.29, 0.717) is 0 Å². The molecule has 0 fully saturated rings. The van der Waals surface area contributed by atoms with E-state index in [1.165, 1.54) is 11.8 Å². The number of aromatic nitrogens is 4. The minimum atomic E-state index is -0.0679. The van der Waals surface area contributed by atoms with Crippen LogP contribution in [-0.4, -0.2) is 31.4 Å². The number of carbonyl (C=O) groups is 1. The summed E-state index contributed by atoms with van der Waals surface area (Å²) in [5, 5.41) is 12.1. The number of nitrogens with one attached hydrogen (secondary N) is 1. The molecular formula is C18H19N5OS. The number of hydrogen-bond donors (Lipinski definition) is 1. The highest BCUT2D eigenvalue weighted by Gasteiger charge is 2.15. The summed E-state index contributed by atoms with van der Waals surface area (Å²) >= 11 is 1.38. The molecule has 25 heavy (non-hydrogen) atoms. The molecule has 6 nitrogen and oxygen atoms in total. The molecular weight excluding hydrogens is 334 g/mol. The lowest BCUT2D eigenvalue weighted by Gasteiger charge is -2.08. The van der Waals surface area contributed by atoms with Crippen molar-refractivity contribution >= 4 is 23.4 Å². The van der Waals surface area contributed by atoms with Crippen molar-refractivity contribution in [1.29, 1.82) is 0 Å². The Morgan fingerprint density at radius 2 is 1.92 bits per heavy atom. The van der Waals surface area contributed by atoms with E-state index < -0.39 is 0 Å². The van der Waals surface area contributed by atoms with Crippen LogP contribution in [0.3, 0.4) is 0 Å². The smallest absolute Gasteiger partial charge is 0.234 e. The van der Waals surface area contributed by atoms with Crippen LogP contribution in [0.2, 0.25) is 0 Å². The van der Waals surface area contributed by atoms with E-state index in [0.717, 1.165) is 35.3 Å². The standard InChI is InChI=1S/C18H19N5OS/c1-2-12-23-17(15-10-6-7-11-19-15)21-22-18(23)25-13-16(24)20-14-8-4-3-5-9-14/h3-11H,2,12-13H2,1H3,(H,20,24). The highest BCUT2D eigenvalue weighted by molar-refractivity contribution is 7.99. The number of amides is 1. The van der Waals surface area contributed by atoms with Gasteiger partial charge in [0.1, 0.15) is 5.69 Å². The van der Waals surface area contributed by atoms with Gasteiger partial charge in [-0.15, -0.1) is 10.2 Å². The fourth-order valence-corrected chi connectivity index (χ4v) is 3.12. The molecule has 2 aromatic heterocycles. The molecule has 3 aromatic rings. The van der Waals surface area contributed by atoms with Crippen molar-refractivity contribution in [2.45, 2.75) is 25.0 Å². The summed E-state index contributed by atoms with van der Waals surface area (Å²) in [6.45, 7) is 2.88. The largest absolute Gasteiger partial charge is 0.325 e. The van der Waals surface area contributed by atoms with Gasteiger partial charge in [-0.1, -0.05) is 43.0 Å². The van der Waals surface area contributed by atoms with Gasteiger partial charge in [-0.2, -0.15) is 0 Å². The van der Waals surface area contributed by atoms with Crippen molar-refractivity contribution in [1.82, 2.24) is 19.7 Å². The van der Waals surface area contributed by atoms with Crippen LogP contribution >= 0.6 is 11.8 Å². The Kier molecular flexibility index (Phi) is 5.79. The second kappa shape index (κ2) is 8.43. The summed E-state index contributed by atoms with van der Waals surface area (Å²) < 4.78 is 2.02. The first-order valence-electron chi connectivity index (χ1n) is 8.10. The molecule has 1 aromatic carbocycles. The number of pyridine rings is 1. The summed E-state index contributed by atoms with van der Waals surface area (Å²) in [5.74, 6) is 0.939. The predicted octanol–water partition coefficient (Wildman–Crippen LogP) is 3.48. The first kappa shape index (κ1) is 17.2. The number of rotatable bonds is 7. The zero-order chi connectivity index (χ0) is 17.5. The molecule has 128 valence electrons. The number of thioether (sulfide) groups is 1. The Labute approximate surface area is 150 Å². The molecule has 0 unspecified atom stereocenters. The maximum absolute atomic E-state index is 12.1. The fourth-order valence-electron chi connectivity index (χ4n) is 2.35. The van der Waals surface area contributed by atoms with Gasteiger partial charge in [-0.05, 0) is 30.7 Å². The lowest BCUT2D eigenvalue weighted by molar-refractivity contribution is -0.113. The second-order valence-electron chi connectivity index (χ2n) is 5.38. The molecule has 3 rings (SSSR count). The van der Waals surface area contributed by atoms with Crippen LogP contribution < -0.4 is 5.32 Å². The van der Waals surface area contributed by atoms with Crippen molar-refractivity contribution in [3.8, 4) is 11.5 Å². The molecule has 0 saturated heterocycles. The Morgan fingerprint density at radius 3 is 2.64 bits per heavy atom. The normalized spacial score (nSPS) is 10.6. The summed E-state index contributed by atoms with van der Waals surface area (Å²) in [5.41, 5.74) is 1.57. The molecule has 0 saturated carbocycles. The summed E-state index contributed by atoms with van der Waals surface area (Å²) in [6, 6.07) is 15.1. The van der Waals surface area contributed by atoms with E-state index >= 15 is 0 Å². The van der Waals surface area contributed by atoms with Crippen LogP contribution in [-0.2, 0) is 11.3 Å². The third-order valence-electron chi connectivity index (χ3n) is 3.45. The minimum Gasteiger partial charge on any atom is -0.325 e. The zero-order valence-electron chi connectivity index (χ0n) is 13.9. The third kappa shape index (κ3) is 4.45. The zero-order valence-corrected chi connectivity index (χ0v) is 14.7. The van der Waals surface area contributed by atoms with Gasteiger partial charge in [-0.25, -0.2) is 0 Å². The third-order valence-corrected chi connectivity index (χ3v) is 4.41. The topological polar surface area (TPSA) is 72.7 Å². The molecule has 0 aliphatic heterocycles. The van der Waals surface area contributed by atoms with Crippen LogP contribution in [0.25, 0.3) is 11.5 Å². The Bertz CT molecular complexity index is 820. The number of para-hydroxylation sites is 1. The van der Waals surface area contributed by atoms with Crippen LogP contribution in [0.5, 0.6) is 0 Å². The second-order valence-corrected chi connectivity index (χ2v) is 6.32. The SMILES string of the molecule is CCCn1c(SCC(=O)Nc2ccccc2)nnc1-c1ccccn1. The van der Waals surface area contributed by atoms with Crippen LogP contribution in [0.15, 0.2) is 59.9 Å². The Balaban J connectivity index is 1.70. The van der Waals surface area contributed by atoms with E-state index in [1.54, 1.807) is 6.20 Å². The number of benzene rings is 1. The van der Waals surface area contributed by atoms with Crippen LogP contribution in [0.4, 0.5) is 5.69 Å². The van der Waals surface area contributed by atoms with Gasteiger partial charge in [-0.3, -0.25) is 9.78 Å². The van der Waals surface area contributed by atoms with E-state index in [1.807, 2.05) is 53.1 Å². The van der Waals surface area contributed by atoms with Gasteiger partial charge in [0, 0.05) is 18.4 Å². The van der Waals surface area contributed by atoms with Gasteiger partial charge >= 0.3 is 0 Å². The first-order chi connectivity index (χ1) is 12.3. The molecule has 0 aliphatic carbocycles. The predicted molar refractivity (Wildman–Crippen MR) is 99.3 cm³/mol. The van der Waals surface area contributed by atoms with Crippen LogP contribution in [0, 0.1) is 0 Å². The number of carbonyl (C=O) groups excluding carboxylic acids is 1. The molecule has 0 atom stereocenters. The average Bonchev–Trinajstić information content (AvgIpc) is 3.05. The lowest BCUT2D eigenvalue weighted by atomic mass is 10.3. The van der Waals surface area contributed by atoms with E-state index in [4.69, 9.17) is 0 Å². The van der Waals surface area contributed by atoms with Crippen molar-refractivity contribution in [3.63, 3.8) is 0 Å². The minimum absolute atomic E-state index is 0.0679. The molecule has 0 radical (unpaired) electrons. The van der Waals surface area contributed by atoms with Crippen molar-refractivity contribution in [3.05, 3.63) is 54.7 Å². The first-order valence-corrected chi connectivity index (χ1v) is 9.09. The highest BCUT2D eigenvalue weighted by atomic mass is 32.2. The summed E-state index contributed by atoms with van der Waals surface area (Å²) in [7, 11) is 0. The lowest BCUT2D eigenvalue weighted by Crippen LogP contribution is -2.14. The van der Waals surface area contributed by atoms with Crippen LogP contribution in [0.1, 0.15) is 13.3 Å². The maximum atomic E-state index is 12.1. The fraction of sp³-hybridized carbons (Fsp3) is 0.222. The maximum Gasteiger partial charge on any atom is 0.234 e. The number of anilines is 1. The van der Waals surface area contributed by atoms with E-state index in [9.17, 15) is 4.79 Å². The monoisotopic (exact) mass is 353 g/mol. The Hall–Kier alpha value is -2.67. The molecule has 2 heterocycles. The van der Waals surface area contributed by atoms with Crippen molar-refractivity contribution in [2.75, 3.05) is 11.1 Å². The molecule has 0 aliphatic rings. The summed E-state index contributed by atoms with van der Waals surface area (Å²) in [6.07, 6.45) is 2.68. The molecule has 1 amide bonds. The van der Waals surface area contributed by atoms with Crippen molar-refractivity contribution in [2.24, 2.45) is 0 Å². The van der Waals surface area contributed by atoms with Gasteiger partial charge in [0.2, 0.25) is 5.91 Å². The van der Waals surface area contributed by atoms with Gasteiger partial charge < -0.3 is 9.88 Å². The van der Waals surface area contributed by atoms with Crippen molar-refractivity contribution < 1.29 is 4.79 Å². The quantitative estimate of drug-likeness (QED) is 0.658. The molecule has 0 spiro atoms. The number of nitrogens with zero attached hydrogens (tertiary/aromatic N) is 4. The molecule has 1 N–H and O–H groups in total. The van der Waals surface area contributed by atoms with E-state index in [-0.39, 0.29) is 11.7 Å². The summed E-state index contributed by atoms with van der Waals surface area (Å²) in [4.78, 5) is 16.5. The highest BCUT2D eigenvalue weighted by Crippen LogP contribution is 2.23. The average molecular weight is 353 g/mol.